The standard InChI is InChI=1S/C34H45N3O4S/c1-6-7-18-35-34(39)32(24-29-14-9-8-10-15-29)36(25-30-16-11-13-26(2)21-30)33(38)17-12-19-37(42(5,40)41)31-22-27(3)20-28(4)23-31/h8-11,13-16,20-23,32H,6-7,12,17-19,24-25H2,1-5H3,(H,35,39)/t32-/m1/s1. The SMILES string of the molecule is CCCCNC(=O)[C@@H](Cc1ccccc1)N(Cc1cccc(C)c1)C(=O)CCCN(c1cc(C)cc(C)c1)S(C)(=O)=O. The van der Waals surface area contributed by atoms with Crippen LogP contribution in [0.2, 0.25) is 0 Å². The van der Waals surface area contributed by atoms with Gasteiger partial charge in [-0.25, -0.2) is 8.42 Å². The number of nitrogens with one attached hydrogen (secondary N) is 1. The van der Waals surface area contributed by atoms with Gasteiger partial charge in [0.25, 0.3) is 0 Å². The lowest BCUT2D eigenvalue weighted by molar-refractivity contribution is -0.141. The highest BCUT2D eigenvalue weighted by atomic mass is 32.2. The van der Waals surface area contributed by atoms with Crippen LogP contribution in [0.4, 0.5) is 5.69 Å². The van der Waals surface area contributed by atoms with E-state index in [1.807, 2.05) is 93.6 Å². The first kappa shape index (κ1) is 32.9. The topological polar surface area (TPSA) is 86.8 Å². The Morgan fingerprint density at radius 1 is 0.833 bits per heavy atom. The maximum absolute atomic E-state index is 14.0. The molecule has 0 aliphatic carbocycles. The minimum Gasteiger partial charge on any atom is -0.354 e. The summed E-state index contributed by atoms with van der Waals surface area (Å²) >= 11 is 0. The summed E-state index contributed by atoms with van der Waals surface area (Å²) in [4.78, 5) is 29.2. The largest absolute Gasteiger partial charge is 0.354 e. The first-order valence-electron chi connectivity index (χ1n) is 14.7. The third-order valence-electron chi connectivity index (χ3n) is 7.18. The van der Waals surface area contributed by atoms with Crippen molar-refractivity contribution in [1.82, 2.24) is 10.2 Å². The molecule has 42 heavy (non-hydrogen) atoms. The number of rotatable bonds is 15. The van der Waals surface area contributed by atoms with Crippen LogP contribution in [0.15, 0.2) is 72.8 Å². The third kappa shape index (κ3) is 10.0. The first-order valence-corrected chi connectivity index (χ1v) is 16.6. The molecule has 8 heteroatoms. The molecule has 0 aliphatic heterocycles. The van der Waals surface area contributed by atoms with Gasteiger partial charge < -0.3 is 10.2 Å². The van der Waals surface area contributed by atoms with Gasteiger partial charge in [-0.15, -0.1) is 0 Å². The average Bonchev–Trinajstić information content (AvgIpc) is 2.92. The lowest BCUT2D eigenvalue weighted by atomic mass is 10.0. The van der Waals surface area contributed by atoms with Crippen molar-refractivity contribution in [3.63, 3.8) is 0 Å². The van der Waals surface area contributed by atoms with E-state index in [2.05, 4.69) is 12.2 Å². The maximum atomic E-state index is 14.0. The Hall–Kier alpha value is -3.65. The molecule has 0 fully saturated rings. The Morgan fingerprint density at radius 2 is 1.50 bits per heavy atom. The summed E-state index contributed by atoms with van der Waals surface area (Å²) in [7, 11) is -3.56. The fraction of sp³-hybridized carbons (Fsp3) is 0.412. The molecule has 7 nitrogen and oxygen atoms in total. The number of benzene rings is 3. The van der Waals surface area contributed by atoms with Gasteiger partial charge in [-0.3, -0.25) is 13.9 Å². The van der Waals surface area contributed by atoms with Crippen LogP contribution in [0, 0.1) is 20.8 Å². The summed E-state index contributed by atoms with van der Waals surface area (Å²) in [5, 5.41) is 3.04. The molecule has 0 aliphatic rings. The number of unbranched alkanes of at least 4 members (excludes halogenated alkanes) is 1. The molecule has 0 saturated carbocycles. The second kappa shape index (κ2) is 15.5. The first-order chi connectivity index (χ1) is 20.0. The molecule has 0 heterocycles. The predicted octanol–water partition coefficient (Wildman–Crippen LogP) is 5.71. The zero-order valence-electron chi connectivity index (χ0n) is 25.6. The number of carbonyl (C=O) groups is 2. The Balaban J connectivity index is 1.88. The van der Waals surface area contributed by atoms with Crippen molar-refractivity contribution in [2.45, 2.75) is 72.4 Å². The minimum absolute atomic E-state index is 0.107. The number of nitrogens with zero attached hydrogens (tertiary/aromatic N) is 2. The van der Waals surface area contributed by atoms with E-state index >= 15 is 0 Å². The number of sulfonamides is 1. The number of carbonyl (C=O) groups excluding carboxylic acids is 2. The molecule has 0 saturated heterocycles. The smallest absolute Gasteiger partial charge is 0.243 e. The molecule has 0 radical (unpaired) electrons. The summed E-state index contributed by atoms with van der Waals surface area (Å²) in [5.41, 5.74) is 5.51. The summed E-state index contributed by atoms with van der Waals surface area (Å²) < 4.78 is 26.8. The average molecular weight is 592 g/mol. The van der Waals surface area contributed by atoms with Crippen LogP contribution in [0.25, 0.3) is 0 Å². The Morgan fingerprint density at radius 3 is 2.12 bits per heavy atom. The van der Waals surface area contributed by atoms with Crippen molar-refractivity contribution in [1.29, 1.82) is 0 Å². The molecule has 3 aromatic rings. The van der Waals surface area contributed by atoms with E-state index in [9.17, 15) is 18.0 Å². The molecule has 0 aromatic heterocycles. The molecule has 226 valence electrons. The van der Waals surface area contributed by atoms with Crippen LogP contribution in [-0.4, -0.2) is 50.5 Å². The van der Waals surface area contributed by atoms with Gasteiger partial charge >= 0.3 is 0 Å². The predicted molar refractivity (Wildman–Crippen MR) is 171 cm³/mol. The molecular weight excluding hydrogens is 546 g/mol. The van der Waals surface area contributed by atoms with Crippen LogP contribution in [0.5, 0.6) is 0 Å². The summed E-state index contributed by atoms with van der Waals surface area (Å²) in [6.45, 7) is 8.93. The summed E-state index contributed by atoms with van der Waals surface area (Å²) in [6.07, 6.45) is 3.80. The quantitative estimate of drug-likeness (QED) is 0.229. The van der Waals surface area contributed by atoms with Crippen LogP contribution in [0.3, 0.4) is 0 Å². The van der Waals surface area contributed by atoms with E-state index < -0.39 is 16.1 Å². The monoisotopic (exact) mass is 591 g/mol. The molecule has 3 rings (SSSR count). The third-order valence-corrected chi connectivity index (χ3v) is 8.38. The van der Waals surface area contributed by atoms with Gasteiger partial charge in [0.2, 0.25) is 21.8 Å². The van der Waals surface area contributed by atoms with E-state index in [4.69, 9.17) is 0 Å². The molecular formula is C34H45N3O4S. The van der Waals surface area contributed by atoms with Crippen LogP contribution >= 0.6 is 0 Å². The van der Waals surface area contributed by atoms with Crippen molar-refractivity contribution in [2.75, 3.05) is 23.7 Å². The molecule has 0 bridgehead atoms. The van der Waals surface area contributed by atoms with Gasteiger partial charge in [-0.05, 0) is 68.0 Å². The normalized spacial score (nSPS) is 12.0. The van der Waals surface area contributed by atoms with Gasteiger partial charge in [0.1, 0.15) is 6.04 Å². The highest BCUT2D eigenvalue weighted by Gasteiger charge is 2.30. The Bertz CT molecular complexity index is 1420. The number of hydrogen-bond donors (Lipinski definition) is 1. The maximum Gasteiger partial charge on any atom is 0.243 e. The van der Waals surface area contributed by atoms with Gasteiger partial charge in [0.15, 0.2) is 0 Å². The fourth-order valence-corrected chi connectivity index (χ4v) is 6.11. The second-order valence-electron chi connectivity index (χ2n) is 11.1. The summed E-state index contributed by atoms with van der Waals surface area (Å²) in [5.74, 6) is -0.363. The molecule has 2 amide bonds. The highest BCUT2D eigenvalue weighted by Crippen LogP contribution is 2.23. The van der Waals surface area contributed by atoms with E-state index in [-0.39, 0.29) is 31.3 Å². The van der Waals surface area contributed by atoms with Crippen LogP contribution < -0.4 is 9.62 Å². The van der Waals surface area contributed by atoms with Crippen molar-refractivity contribution in [2.24, 2.45) is 0 Å². The second-order valence-corrected chi connectivity index (χ2v) is 13.1. The van der Waals surface area contributed by atoms with Crippen molar-refractivity contribution in [3.8, 4) is 0 Å². The minimum atomic E-state index is -3.56. The lowest BCUT2D eigenvalue weighted by Crippen LogP contribution is -2.50. The van der Waals surface area contributed by atoms with E-state index in [1.54, 1.807) is 4.90 Å². The fourth-order valence-electron chi connectivity index (χ4n) is 5.17. The van der Waals surface area contributed by atoms with Gasteiger partial charge in [0, 0.05) is 32.5 Å². The summed E-state index contributed by atoms with van der Waals surface area (Å²) in [6, 6.07) is 22.7. The lowest BCUT2D eigenvalue weighted by Gasteiger charge is -2.32. The van der Waals surface area contributed by atoms with Crippen LogP contribution in [0.1, 0.15) is 60.4 Å². The van der Waals surface area contributed by atoms with E-state index in [0.717, 1.165) is 40.7 Å². The van der Waals surface area contributed by atoms with Gasteiger partial charge in [0.05, 0.1) is 11.9 Å². The van der Waals surface area contributed by atoms with Crippen molar-refractivity contribution >= 4 is 27.5 Å². The van der Waals surface area contributed by atoms with Crippen molar-refractivity contribution in [3.05, 3.63) is 101 Å². The zero-order chi connectivity index (χ0) is 30.7. The number of anilines is 1. The van der Waals surface area contributed by atoms with E-state index in [0.29, 0.717) is 25.1 Å². The number of aryl methyl sites for hydroxylation is 3. The number of amides is 2. The number of hydrogen-bond acceptors (Lipinski definition) is 4. The van der Waals surface area contributed by atoms with Gasteiger partial charge in [-0.2, -0.15) is 0 Å². The zero-order valence-corrected chi connectivity index (χ0v) is 26.4. The molecule has 1 N–H and O–H groups in total. The Kier molecular flexibility index (Phi) is 12.2. The molecule has 0 unspecified atom stereocenters. The highest BCUT2D eigenvalue weighted by molar-refractivity contribution is 7.92. The molecule has 0 spiro atoms. The Labute approximate surface area is 252 Å². The van der Waals surface area contributed by atoms with Crippen molar-refractivity contribution < 1.29 is 18.0 Å². The van der Waals surface area contributed by atoms with Crippen LogP contribution in [-0.2, 0) is 32.6 Å². The van der Waals surface area contributed by atoms with E-state index in [1.165, 1.54) is 10.6 Å². The molecule has 3 aromatic carbocycles. The molecule has 1 atom stereocenters. The van der Waals surface area contributed by atoms with Gasteiger partial charge in [-0.1, -0.05) is 79.6 Å².